The fraction of sp³-hybridized carbons (Fsp3) is 0.188. The van der Waals surface area contributed by atoms with Gasteiger partial charge < -0.3 is 20.5 Å². The first-order valence-electron chi connectivity index (χ1n) is 7.67. The van der Waals surface area contributed by atoms with Crippen LogP contribution in [0.4, 0.5) is 17.5 Å². The van der Waals surface area contributed by atoms with Crippen LogP contribution >= 0.6 is 0 Å². The molecule has 0 saturated heterocycles. The van der Waals surface area contributed by atoms with Gasteiger partial charge in [-0.1, -0.05) is 11.2 Å². The Balaban J connectivity index is 1.43. The molecule has 0 radical (unpaired) electrons. The van der Waals surface area contributed by atoms with Crippen LogP contribution in [-0.2, 0) is 0 Å². The first kappa shape index (κ1) is 16.4. The molecule has 0 aliphatic heterocycles. The Hall–Kier alpha value is -3.49. The highest BCUT2D eigenvalue weighted by molar-refractivity contribution is 5.94. The molecule has 0 unspecified atom stereocenters. The number of rotatable bonds is 7. The lowest BCUT2D eigenvalue weighted by Crippen LogP contribution is -2.29. The smallest absolute Gasteiger partial charge is 0.256 e. The van der Waals surface area contributed by atoms with Crippen LogP contribution in [0.2, 0.25) is 0 Å². The lowest BCUT2D eigenvalue weighted by molar-refractivity contribution is 0.0953. The quantitative estimate of drug-likeness (QED) is 0.557. The zero-order chi connectivity index (χ0) is 17.5. The fourth-order valence-electron chi connectivity index (χ4n) is 2.04. The molecule has 3 heterocycles. The number of amides is 1. The van der Waals surface area contributed by atoms with Gasteiger partial charge in [-0.2, -0.15) is 0 Å². The molecule has 0 bridgehead atoms. The van der Waals surface area contributed by atoms with Gasteiger partial charge in [0, 0.05) is 19.3 Å². The monoisotopic (exact) mass is 339 g/mol. The van der Waals surface area contributed by atoms with Crippen molar-refractivity contribution in [2.45, 2.75) is 6.92 Å². The van der Waals surface area contributed by atoms with E-state index in [0.717, 1.165) is 0 Å². The van der Waals surface area contributed by atoms with Crippen LogP contribution < -0.4 is 16.0 Å². The van der Waals surface area contributed by atoms with Gasteiger partial charge in [-0.25, -0.2) is 4.98 Å². The summed E-state index contributed by atoms with van der Waals surface area (Å²) in [5.74, 6) is 2.18. The van der Waals surface area contributed by atoms with Gasteiger partial charge in [-0.3, -0.25) is 4.79 Å². The van der Waals surface area contributed by atoms with Gasteiger partial charge in [0.2, 0.25) is 0 Å². The Morgan fingerprint density at radius 1 is 1.08 bits per heavy atom. The second-order valence-corrected chi connectivity index (χ2v) is 5.12. The molecule has 0 aliphatic carbocycles. The lowest BCUT2D eigenvalue weighted by atomic mass is 10.2. The molecule has 1 amide bonds. The van der Waals surface area contributed by atoms with Crippen molar-refractivity contribution >= 4 is 23.4 Å². The van der Waals surface area contributed by atoms with Gasteiger partial charge in [0.15, 0.2) is 5.82 Å². The zero-order valence-electron chi connectivity index (χ0n) is 13.6. The third-order valence-corrected chi connectivity index (χ3v) is 3.30. The Labute approximate surface area is 143 Å². The molecule has 0 aliphatic rings. The summed E-state index contributed by atoms with van der Waals surface area (Å²) >= 11 is 0. The number of aryl methyl sites for hydroxylation is 1. The van der Waals surface area contributed by atoms with Crippen molar-refractivity contribution in [3.63, 3.8) is 0 Å². The van der Waals surface area contributed by atoms with E-state index in [1.165, 1.54) is 6.20 Å². The summed E-state index contributed by atoms with van der Waals surface area (Å²) < 4.78 is 4.86. The van der Waals surface area contributed by atoms with E-state index in [0.29, 0.717) is 41.9 Å². The maximum atomic E-state index is 11.9. The van der Waals surface area contributed by atoms with Crippen molar-refractivity contribution in [1.29, 1.82) is 0 Å². The topological polar surface area (TPSA) is 118 Å². The van der Waals surface area contributed by atoms with Crippen molar-refractivity contribution < 1.29 is 9.32 Å². The number of hydrogen-bond donors (Lipinski definition) is 3. The summed E-state index contributed by atoms with van der Waals surface area (Å²) in [6.07, 6.45) is 3.10. The highest BCUT2D eigenvalue weighted by atomic mass is 16.5. The average Bonchev–Trinajstić information content (AvgIpc) is 3.07. The number of carbonyl (C=O) groups is 1. The molecule has 9 heteroatoms. The Morgan fingerprint density at radius 2 is 1.92 bits per heavy atom. The standard InChI is InChI=1S/C16H17N7O2/c1-11-12(10-20-25-11)16(24)19-9-8-18-14-5-6-15(23-22-14)21-13-4-2-3-7-17-13/h2-7,10H,8-9H2,1H3,(H,18,22)(H,19,24)(H,17,21,23). The van der Waals surface area contributed by atoms with Gasteiger partial charge in [0.05, 0.1) is 6.20 Å². The summed E-state index contributed by atoms with van der Waals surface area (Å²) in [7, 11) is 0. The molecule has 0 fully saturated rings. The molecule has 3 rings (SSSR count). The summed E-state index contributed by atoms with van der Waals surface area (Å²) in [6, 6.07) is 9.15. The van der Waals surface area contributed by atoms with Crippen LogP contribution in [0.1, 0.15) is 16.1 Å². The van der Waals surface area contributed by atoms with Crippen LogP contribution in [-0.4, -0.2) is 39.3 Å². The van der Waals surface area contributed by atoms with Crippen molar-refractivity contribution in [3.05, 3.63) is 54.0 Å². The average molecular weight is 339 g/mol. The Kier molecular flexibility index (Phi) is 5.15. The highest BCUT2D eigenvalue weighted by Gasteiger charge is 2.11. The van der Waals surface area contributed by atoms with Crippen molar-refractivity contribution in [1.82, 2.24) is 25.7 Å². The molecular weight excluding hydrogens is 322 g/mol. The van der Waals surface area contributed by atoms with Gasteiger partial charge >= 0.3 is 0 Å². The SMILES string of the molecule is Cc1oncc1C(=O)NCCNc1ccc(Nc2ccccn2)nn1. The number of nitrogens with zero attached hydrogens (tertiary/aromatic N) is 4. The molecule has 0 spiro atoms. The van der Waals surface area contributed by atoms with Crippen LogP contribution in [0, 0.1) is 6.92 Å². The van der Waals surface area contributed by atoms with E-state index < -0.39 is 0 Å². The summed E-state index contributed by atoms with van der Waals surface area (Å²) in [5, 5.41) is 20.6. The van der Waals surface area contributed by atoms with E-state index in [9.17, 15) is 4.79 Å². The molecule has 25 heavy (non-hydrogen) atoms. The minimum atomic E-state index is -0.221. The van der Waals surface area contributed by atoms with Crippen molar-refractivity contribution in [2.75, 3.05) is 23.7 Å². The maximum absolute atomic E-state index is 11.9. The van der Waals surface area contributed by atoms with Gasteiger partial charge in [0.1, 0.15) is 23.0 Å². The van der Waals surface area contributed by atoms with Crippen LogP contribution in [0.25, 0.3) is 0 Å². The van der Waals surface area contributed by atoms with E-state index in [1.54, 1.807) is 25.3 Å². The van der Waals surface area contributed by atoms with Crippen LogP contribution in [0.5, 0.6) is 0 Å². The predicted octanol–water partition coefficient (Wildman–Crippen LogP) is 1.75. The third kappa shape index (κ3) is 4.50. The zero-order valence-corrected chi connectivity index (χ0v) is 13.6. The Morgan fingerprint density at radius 3 is 2.60 bits per heavy atom. The van der Waals surface area contributed by atoms with E-state index in [4.69, 9.17) is 4.52 Å². The van der Waals surface area contributed by atoms with Crippen molar-refractivity contribution in [3.8, 4) is 0 Å². The van der Waals surface area contributed by atoms with E-state index >= 15 is 0 Å². The number of aromatic nitrogens is 4. The lowest BCUT2D eigenvalue weighted by Gasteiger charge is -2.07. The second-order valence-electron chi connectivity index (χ2n) is 5.12. The van der Waals surface area contributed by atoms with Gasteiger partial charge in [-0.05, 0) is 31.2 Å². The van der Waals surface area contributed by atoms with E-state index in [1.807, 2.05) is 18.2 Å². The number of hydrogen-bond acceptors (Lipinski definition) is 8. The van der Waals surface area contributed by atoms with Crippen LogP contribution in [0.3, 0.4) is 0 Å². The molecule has 3 aromatic heterocycles. The summed E-state index contributed by atoms with van der Waals surface area (Å²) in [5.41, 5.74) is 0.435. The van der Waals surface area contributed by atoms with Crippen LogP contribution in [0.15, 0.2) is 47.2 Å². The first-order chi connectivity index (χ1) is 12.2. The molecule has 9 nitrogen and oxygen atoms in total. The second kappa shape index (κ2) is 7.86. The minimum Gasteiger partial charge on any atom is -0.367 e. The molecule has 3 N–H and O–H groups in total. The summed E-state index contributed by atoms with van der Waals surface area (Å²) in [6.45, 7) is 2.63. The largest absolute Gasteiger partial charge is 0.367 e. The number of carbonyl (C=O) groups excluding carboxylic acids is 1. The molecule has 0 atom stereocenters. The van der Waals surface area contributed by atoms with Gasteiger partial charge in [-0.15, -0.1) is 10.2 Å². The van der Waals surface area contributed by atoms with E-state index in [-0.39, 0.29) is 5.91 Å². The molecular formula is C16H17N7O2. The fourth-order valence-corrected chi connectivity index (χ4v) is 2.04. The minimum absolute atomic E-state index is 0.221. The third-order valence-electron chi connectivity index (χ3n) is 3.30. The van der Waals surface area contributed by atoms with Crippen molar-refractivity contribution in [2.24, 2.45) is 0 Å². The normalized spacial score (nSPS) is 10.3. The molecule has 0 saturated carbocycles. The molecule has 0 aromatic carbocycles. The molecule has 3 aromatic rings. The number of pyridine rings is 1. The predicted molar refractivity (Wildman–Crippen MR) is 91.6 cm³/mol. The van der Waals surface area contributed by atoms with Gasteiger partial charge in [0.25, 0.3) is 5.91 Å². The number of anilines is 3. The highest BCUT2D eigenvalue weighted by Crippen LogP contribution is 2.11. The maximum Gasteiger partial charge on any atom is 0.256 e. The van der Waals surface area contributed by atoms with E-state index in [2.05, 4.69) is 36.3 Å². The number of nitrogens with one attached hydrogen (secondary N) is 3. The first-order valence-corrected chi connectivity index (χ1v) is 7.67. The summed E-state index contributed by atoms with van der Waals surface area (Å²) in [4.78, 5) is 16.0. The Bertz CT molecular complexity index is 818. The molecule has 128 valence electrons.